The summed E-state index contributed by atoms with van der Waals surface area (Å²) in [5.74, 6) is -2.26. The Morgan fingerprint density at radius 1 is 1.40 bits per heavy atom. The second kappa shape index (κ2) is 8.27. The van der Waals surface area contributed by atoms with E-state index in [4.69, 9.17) is 9.84 Å². The van der Waals surface area contributed by atoms with Gasteiger partial charge in [-0.25, -0.2) is 9.18 Å². The molecule has 0 radical (unpaired) electrons. The van der Waals surface area contributed by atoms with Gasteiger partial charge in [0, 0.05) is 13.0 Å². The Labute approximate surface area is 116 Å². The highest BCUT2D eigenvalue weighted by Crippen LogP contribution is 2.10. The Morgan fingerprint density at radius 3 is 2.75 bits per heavy atom. The van der Waals surface area contributed by atoms with Crippen LogP contribution in [-0.4, -0.2) is 30.2 Å². The molecule has 0 fully saturated rings. The van der Waals surface area contributed by atoms with Gasteiger partial charge in [0.25, 0.3) is 0 Å². The van der Waals surface area contributed by atoms with Gasteiger partial charge >= 0.3 is 11.9 Å². The molecule has 1 aromatic carbocycles. The summed E-state index contributed by atoms with van der Waals surface area (Å²) in [5, 5.41) is 11.8. The summed E-state index contributed by atoms with van der Waals surface area (Å²) in [5.41, 5.74) is 0.319. The van der Waals surface area contributed by atoms with Crippen molar-refractivity contribution < 1.29 is 23.8 Å². The molecule has 2 N–H and O–H groups in total. The third-order valence-electron chi connectivity index (χ3n) is 2.63. The molecule has 0 bridgehead atoms. The molecular formula is C14H18FNO4. The minimum atomic E-state index is -1.28. The minimum absolute atomic E-state index is 0.230. The van der Waals surface area contributed by atoms with Gasteiger partial charge in [0.1, 0.15) is 5.82 Å². The normalized spacial score (nSPS) is 10.3. The lowest BCUT2D eigenvalue weighted by Gasteiger charge is -2.06. The summed E-state index contributed by atoms with van der Waals surface area (Å²) in [7, 11) is 0. The van der Waals surface area contributed by atoms with E-state index in [0.717, 1.165) is 0 Å². The first-order valence-electron chi connectivity index (χ1n) is 6.42. The van der Waals surface area contributed by atoms with Gasteiger partial charge in [0.15, 0.2) is 0 Å². The minimum Gasteiger partial charge on any atom is -0.478 e. The van der Waals surface area contributed by atoms with E-state index in [1.807, 2.05) is 0 Å². The SMILES string of the molecule is CCOC(=O)CCCNCc1ccc(C(=O)O)c(F)c1. The number of halogens is 1. The quantitative estimate of drug-likeness (QED) is 0.563. The number of hydrogen-bond acceptors (Lipinski definition) is 4. The molecule has 0 saturated carbocycles. The summed E-state index contributed by atoms with van der Waals surface area (Å²) in [6.45, 7) is 3.15. The molecule has 0 aliphatic heterocycles. The molecule has 0 spiro atoms. The molecule has 20 heavy (non-hydrogen) atoms. The van der Waals surface area contributed by atoms with Gasteiger partial charge in [-0.1, -0.05) is 6.07 Å². The van der Waals surface area contributed by atoms with Crippen LogP contribution in [0.15, 0.2) is 18.2 Å². The number of carbonyl (C=O) groups is 2. The number of esters is 1. The third-order valence-corrected chi connectivity index (χ3v) is 2.63. The van der Waals surface area contributed by atoms with Crippen LogP contribution in [0.5, 0.6) is 0 Å². The molecule has 6 heteroatoms. The van der Waals surface area contributed by atoms with Crippen LogP contribution >= 0.6 is 0 Å². The van der Waals surface area contributed by atoms with Crippen molar-refractivity contribution in [2.45, 2.75) is 26.3 Å². The predicted octanol–water partition coefficient (Wildman–Crippen LogP) is 1.96. The number of carboxylic acid groups (broad SMARTS) is 1. The zero-order chi connectivity index (χ0) is 15.0. The number of nitrogens with one attached hydrogen (secondary N) is 1. The van der Waals surface area contributed by atoms with E-state index >= 15 is 0 Å². The molecule has 0 aromatic heterocycles. The Hall–Kier alpha value is -1.95. The first-order chi connectivity index (χ1) is 9.54. The van der Waals surface area contributed by atoms with Gasteiger partial charge in [-0.2, -0.15) is 0 Å². The lowest BCUT2D eigenvalue weighted by atomic mass is 10.1. The maximum atomic E-state index is 13.4. The second-order valence-corrected chi connectivity index (χ2v) is 4.20. The maximum absolute atomic E-state index is 13.4. The molecule has 0 aliphatic rings. The molecular weight excluding hydrogens is 265 g/mol. The van der Waals surface area contributed by atoms with Crippen LogP contribution < -0.4 is 5.32 Å². The highest BCUT2D eigenvalue weighted by molar-refractivity contribution is 5.87. The first kappa shape index (κ1) is 16.1. The van der Waals surface area contributed by atoms with E-state index in [2.05, 4.69) is 5.32 Å². The van der Waals surface area contributed by atoms with Gasteiger partial charge in [0.05, 0.1) is 12.2 Å². The van der Waals surface area contributed by atoms with E-state index in [1.165, 1.54) is 12.1 Å². The van der Waals surface area contributed by atoms with Crippen molar-refractivity contribution in [3.05, 3.63) is 35.1 Å². The number of carboxylic acids is 1. The summed E-state index contributed by atoms with van der Waals surface area (Å²) in [6, 6.07) is 4.00. The third kappa shape index (κ3) is 5.36. The molecule has 1 aromatic rings. The fraction of sp³-hybridized carbons (Fsp3) is 0.429. The lowest BCUT2D eigenvalue weighted by molar-refractivity contribution is -0.143. The number of hydrogen-bond donors (Lipinski definition) is 2. The average molecular weight is 283 g/mol. The molecule has 0 aliphatic carbocycles. The van der Waals surface area contributed by atoms with Crippen LogP contribution in [0.2, 0.25) is 0 Å². The molecule has 5 nitrogen and oxygen atoms in total. The largest absolute Gasteiger partial charge is 0.478 e. The van der Waals surface area contributed by atoms with Crippen LogP contribution in [0, 0.1) is 5.82 Å². The van der Waals surface area contributed by atoms with Crippen LogP contribution in [0.25, 0.3) is 0 Å². The smallest absolute Gasteiger partial charge is 0.338 e. The van der Waals surface area contributed by atoms with Crippen LogP contribution in [0.4, 0.5) is 4.39 Å². The Kier molecular flexibility index (Phi) is 6.66. The van der Waals surface area contributed by atoms with Crippen molar-refractivity contribution in [1.82, 2.24) is 5.32 Å². The van der Waals surface area contributed by atoms with Crippen LogP contribution in [-0.2, 0) is 16.1 Å². The monoisotopic (exact) mass is 283 g/mol. The zero-order valence-corrected chi connectivity index (χ0v) is 11.3. The molecule has 1 rings (SSSR count). The van der Waals surface area contributed by atoms with E-state index < -0.39 is 11.8 Å². The second-order valence-electron chi connectivity index (χ2n) is 4.20. The van der Waals surface area contributed by atoms with Crippen molar-refractivity contribution in [3.63, 3.8) is 0 Å². The van der Waals surface area contributed by atoms with Gasteiger partial charge < -0.3 is 15.2 Å². The average Bonchev–Trinajstić information content (AvgIpc) is 2.38. The Morgan fingerprint density at radius 2 is 2.15 bits per heavy atom. The number of aromatic carboxylic acids is 1. The summed E-state index contributed by atoms with van der Waals surface area (Å²) >= 11 is 0. The zero-order valence-electron chi connectivity index (χ0n) is 11.3. The van der Waals surface area contributed by atoms with E-state index in [1.54, 1.807) is 13.0 Å². The molecule has 0 atom stereocenters. The van der Waals surface area contributed by atoms with Crippen molar-refractivity contribution in [3.8, 4) is 0 Å². The van der Waals surface area contributed by atoms with E-state index in [9.17, 15) is 14.0 Å². The van der Waals surface area contributed by atoms with Crippen LogP contribution in [0.3, 0.4) is 0 Å². The number of ether oxygens (including phenoxy) is 1. The maximum Gasteiger partial charge on any atom is 0.338 e. The highest BCUT2D eigenvalue weighted by Gasteiger charge is 2.10. The standard InChI is InChI=1S/C14H18FNO4/c1-2-20-13(17)4-3-7-16-9-10-5-6-11(14(18)19)12(15)8-10/h5-6,8,16H,2-4,7,9H2,1H3,(H,18,19). The fourth-order valence-corrected chi connectivity index (χ4v) is 1.67. The lowest BCUT2D eigenvalue weighted by Crippen LogP contribution is -2.16. The van der Waals surface area contributed by atoms with Crippen LogP contribution in [0.1, 0.15) is 35.7 Å². The first-order valence-corrected chi connectivity index (χ1v) is 6.42. The number of benzene rings is 1. The van der Waals surface area contributed by atoms with Gasteiger partial charge in [-0.3, -0.25) is 4.79 Å². The van der Waals surface area contributed by atoms with E-state index in [0.29, 0.717) is 38.1 Å². The summed E-state index contributed by atoms with van der Waals surface area (Å²) in [6.07, 6.45) is 0.974. The predicted molar refractivity (Wildman–Crippen MR) is 70.9 cm³/mol. The molecule has 0 unspecified atom stereocenters. The van der Waals surface area contributed by atoms with Crippen molar-refractivity contribution in [2.24, 2.45) is 0 Å². The molecule has 0 saturated heterocycles. The van der Waals surface area contributed by atoms with Gasteiger partial charge in [0.2, 0.25) is 0 Å². The highest BCUT2D eigenvalue weighted by atomic mass is 19.1. The van der Waals surface area contributed by atoms with Crippen molar-refractivity contribution >= 4 is 11.9 Å². The van der Waals surface area contributed by atoms with Crippen molar-refractivity contribution in [1.29, 1.82) is 0 Å². The number of rotatable bonds is 8. The number of carbonyl (C=O) groups excluding carboxylic acids is 1. The molecule has 0 heterocycles. The van der Waals surface area contributed by atoms with Crippen molar-refractivity contribution in [2.75, 3.05) is 13.2 Å². The molecule has 0 amide bonds. The van der Waals surface area contributed by atoms with Gasteiger partial charge in [-0.15, -0.1) is 0 Å². The summed E-state index contributed by atoms with van der Waals surface area (Å²) in [4.78, 5) is 21.7. The van der Waals surface area contributed by atoms with E-state index in [-0.39, 0.29) is 11.5 Å². The Balaban J connectivity index is 2.31. The topological polar surface area (TPSA) is 75.6 Å². The Bertz CT molecular complexity index is 476. The van der Waals surface area contributed by atoms with Gasteiger partial charge in [-0.05, 0) is 37.6 Å². The molecule has 110 valence electrons. The fourth-order valence-electron chi connectivity index (χ4n) is 1.67. The summed E-state index contributed by atoms with van der Waals surface area (Å²) < 4.78 is 18.2.